The van der Waals surface area contributed by atoms with Crippen LogP contribution in [0.2, 0.25) is 0 Å². The number of halogens is 6. The number of hydrogen-bond donors (Lipinski definition) is 0. The molecule has 0 radical (unpaired) electrons. The zero-order valence-electron chi connectivity index (χ0n) is 19.7. The van der Waals surface area contributed by atoms with Crippen molar-refractivity contribution in [3.63, 3.8) is 0 Å². The first kappa shape index (κ1) is 26.1. The lowest BCUT2D eigenvalue weighted by Gasteiger charge is -2.19. The van der Waals surface area contributed by atoms with E-state index < -0.39 is 46.3 Å². The lowest BCUT2D eigenvalue weighted by Crippen LogP contribution is -2.22. The van der Waals surface area contributed by atoms with Gasteiger partial charge >= 0.3 is 6.11 Å². The van der Waals surface area contributed by atoms with Gasteiger partial charge in [0.25, 0.3) is 0 Å². The van der Waals surface area contributed by atoms with Gasteiger partial charge in [-0.2, -0.15) is 18.4 Å². The van der Waals surface area contributed by atoms with E-state index in [0.29, 0.717) is 0 Å². The maximum atomic E-state index is 14.9. The summed E-state index contributed by atoms with van der Waals surface area (Å²) >= 11 is 0. The van der Waals surface area contributed by atoms with E-state index in [1.54, 1.807) is 12.1 Å². The first-order valence-electron chi connectivity index (χ1n) is 11.6. The summed E-state index contributed by atoms with van der Waals surface area (Å²) in [5.74, 6) is -6.26. The van der Waals surface area contributed by atoms with Crippen molar-refractivity contribution in [2.24, 2.45) is 0 Å². The highest BCUT2D eigenvalue weighted by Crippen LogP contribution is 2.37. The van der Waals surface area contributed by atoms with Crippen LogP contribution in [-0.4, -0.2) is 0 Å². The van der Waals surface area contributed by atoms with Gasteiger partial charge in [0.15, 0.2) is 17.4 Å². The number of aryl methyl sites for hydroxylation is 1. The molecular formula is C29H21F6NO. The van der Waals surface area contributed by atoms with E-state index in [-0.39, 0.29) is 21.9 Å². The van der Waals surface area contributed by atoms with Crippen LogP contribution in [0.15, 0.2) is 60.7 Å². The molecule has 0 unspecified atom stereocenters. The first-order chi connectivity index (χ1) is 17.7. The van der Waals surface area contributed by atoms with Crippen LogP contribution in [0.1, 0.15) is 42.9 Å². The molecule has 190 valence electrons. The number of hydrogen-bond acceptors (Lipinski definition) is 2. The largest absolute Gasteiger partial charge is 0.426 e. The lowest BCUT2D eigenvalue weighted by atomic mass is 9.98. The SMILES string of the molecule is CCCCCc1ccc(C(F)(F)Oc2ccc(-c3ccc4c(F)c(C#N)c(F)cc4c3)c(F)c2F)cc1. The summed E-state index contributed by atoms with van der Waals surface area (Å²) in [4.78, 5) is 0. The standard InChI is InChI=1S/C29H21F6NO/c1-2-3-4-5-17-6-9-20(10-7-17)29(34,35)37-25-13-12-21(27(32)28(25)33)18-8-11-22-19(14-18)15-24(30)23(16-36)26(22)31/h6-15H,2-5H2,1H3. The number of rotatable bonds is 8. The monoisotopic (exact) mass is 513 g/mol. The zero-order chi connectivity index (χ0) is 26.7. The minimum Gasteiger partial charge on any atom is -0.426 e. The molecule has 0 saturated heterocycles. The Labute approximate surface area is 209 Å². The Morgan fingerprint density at radius 1 is 0.838 bits per heavy atom. The fraction of sp³-hybridized carbons (Fsp3) is 0.207. The van der Waals surface area contributed by atoms with E-state index in [1.807, 2.05) is 0 Å². The zero-order valence-corrected chi connectivity index (χ0v) is 19.7. The number of ether oxygens (including phenoxy) is 1. The predicted octanol–water partition coefficient (Wildman–Crippen LogP) is 8.80. The molecule has 0 bridgehead atoms. The van der Waals surface area contributed by atoms with Crippen molar-refractivity contribution in [2.45, 2.75) is 38.7 Å². The summed E-state index contributed by atoms with van der Waals surface area (Å²) in [7, 11) is 0. The summed E-state index contributed by atoms with van der Waals surface area (Å²) < 4.78 is 92.1. The molecule has 4 aromatic carbocycles. The Morgan fingerprint density at radius 2 is 1.57 bits per heavy atom. The number of unbranched alkanes of at least 4 members (excludes halogenated alkanes) is 2. The van der Waals surface area contributed by atoms with Crippen LogP contribution >= 0.6 is 0 Å². The number of nitrogens with zero attached hydrogens (tertiary/aromatic N) is 1. The molecule has 0 saturated carbocycles. The van der Waals surface area contributed by atoms with Crippen molar-refractivity contribution in [1.82, 2.24) is 0 Å². The van der Waals surface area contributed by atoms with E-state index in [1.165, 1.54) is 36.4 Å². The van der Waals surface area contributed by atoms with E-state index in [0.717, 1.165) is 49.4 Å². The summed E-state index contributed by atoms with van der Waals surface area (Å²) in [6, 6.07) is 13.4. The highest BCUT2D eigenvalue weighted by atomic mass is 19.3. The number of fused-ring (bicyclic) bond motifs is 1. The van der Waals surface area contributed by atoms with Crippen LogP contribution in [0.4, 0.5) is 26.3 Å². The Kier molecular flexibility index (Phi) is 7.44. The predicted molar refractivity (Wildman–Crippen MR) is 128 cm³/mol. The second-order valence-corrected chi connectivity index (χ2v) is 8.61. The molecule has 0 N–H and O–H groups in total. The minimum atomic E-state index is -3.92. The molecule has 2 nitrogen and oxygen atoms in total. The van der Waals surface area contributed by atoms with E-state index >= 15 is 0 Å². The third-order valence-electron chi connectivity index (χ3n) is 6.10. The molecule has 4 aromatic rings. The molecule has 4 rings (SSSR count). The normalized spacial score (nSPS) is 11.5. The van der Waals surface area contributed by atoms with E-state index in [2.05, 4.69) is 11.7 Å². The molecule has 0 fully saturated rings. The van der Waals surface area contributed by atoms with Crippen molar-refractivity contribution in [1.29, 1.82) is 5.26 Å². The van der Waals surface area contributed by atoms with Crippen LogP contribution in [0, 0.1) is 34.6 Å². The highest BCUT2D eigenvalue weighted by Gasteiger charge is 2.36. The molecule has 0 spiro atoms. The highest BCUT2D eigenvalue weighted by molar-refractivity contribution is 5.89. The van der Waals surface area contributed by atoms with Gasteiger partial charge in [-0.25, -0.2) is 13.2 Å². The van der Waals surface area contributed by atoms with Gasteiger partial charge in [-0.05, 0) is 65.8 Å². The third-order valence-corrected chi connectivity index (χ3v) is 6.10. The van der Waals surface area contributed by atoms with Crippen LogP contribution in [0.25, 0.3) is 21.9 Å². The van der Waals surface area contributed by atoms with Crippen molar-refractivity contribution in [2.75, 3.05) is 0 Å². The topological polar surface area (TPSA) is 33.0 Å². The average molecular weight is 513 g/mol. The molecule has 0 aliphatic heterocycles. The molecule has 0 amide bonds. The smallest absolute Gasteiger partial charge is 0.426 e. The Bertz CT molecular complexity index is 1490. The fourth-order valence-electron chi connectivity index (χ4n) is 4.08. The molecule has 0 aliphatic carbocycles. The van der Waals surface area contributed by atoms with Gasteiger partial charge in [0, 0.05) is 10.9 Å². The fourth-order valence-corrected chi connectivity index (χ4v) is 4.08. The molecule has 37 heavy (non-hydrogen) atoms. The molecule has 0 heterocycles. The lowest BCUT2D eigenvalue weighted by molar-refractivity contribution is -0.187. The second-order valence-electron chi connectivity index (χ2n) is 8.61. The van der Waals surface area contributed by atoms with Crippen molar-refractivity contribution in [3.8, 4) is 22.9 Å². The summed E-state index contributed by atoms with van der Waals surface area (Å²) in [5.41, 5.74) is -0.661. The third kappa shape index (κ3) is 5.26. The quantitative estimate of drug-likeness (QED) is 0.174. The molecule has 0 aromatic heterocycles. The van der Waals surface area contributed by atoms with Gasteiger partial charge in [-0.1, -0.05) is 44.0 Å². The van der Waals surface area contributed by atoms with Crippen LogP contribution in [0.5, 0.6) is 5.75 Å². The first-order valence-corrected chi connectivity index (χ1v) is 11.6. The molecule has 8 heteroatoms. The van der Waals surface area contributed by atoms with Crippen molar-refractivity contribution in [3.05, 3.63) is 101 Å². The molecular weight excluding hydrogens is 492 g/mol. The van der Waals surface area contributed by atoms with Gasteiger partial charge in [-0.15, -0.1) is 0 Å². The van der Waals surface area contributed by atoms with E-state index in [9.17, 15) is 26.3 Å². The van der Waals surface area contributed by atoms with Gasteiger partial charge < -0.3 is 4.74 Å². The Hall–Kier alpha value is -3.99. The van der Waals surface area contributed by atoms with Gasteiger partial charge in [0.2, 0.25) is 5.82 Å². The van der Waals surface area contributed by atoms with Crippen molar-refractivity contribution >= 4 is 10.8 Å². The molecule has 0 atom stereocenters. The Balaban J connectivity index is 1.60. The number of alkyl halides is 2. The van der Waals surface area contributed by atoms with E-state index in [4.69, 9.17) is 5.26 Å². The number of nitriles is 1. The van der Waals surface area contributed by atoms with Gasteiger partial charge in [-0.3, -0.25) is 0 Å². The summed E-state index contributed by atoms with van der Waals surface area (Å²) in [6.07, 6.45) is -0.187. The summed E-state index contributed by atoms with van der Waals surface area (Å²) in [5, 5.41) is 8.83. The summed E-state index contributed by atoms with van der Waals surface area (Å²) in [6.45, 7) is 2.06. The van der Waals surface area contributed by atoms with Gasteiger partial charge in [0.1, 0.15) is 17.4 Å². The van der Waals surface area contributed by atoms with Crippen LogP contribution in [-0.2, 0) is 12.5 Å². The van der Waals surface area contributed by atoms with Crippen molar-refractivity contribution < 1.29 is 31.1 Å². The maximum absolute atomic E-state index is 14.9. The minimum absolute atomic E-state index is 0.0105. The van der Waals surface area contributed by atoms with Crippen LogP contribution < -0.4 is 4.74 Å². The van der Waals surface area contributed by atoms with Gasteiger partial charge in [0.05, 0.1) is 5.56 Å². The maximum Gasteiger partial charge on any atom is 0.426 e. The number of benzene rings is 4. The van der Waals surface area contributed by atoms with Crippen LogP contribution in [0.3, 0.4) is 0 Å². The second kappa shape index (κ2) is 10.6. The molecule has 0 aliphatic rings. The Morgan fingerprint density at radius 3 is 2.24 bits per heavy atom. The average Bonchev–Trinajstić information content (AvgIpc) is 2.87.